The molecule has 4 aromatic rings. The van der Waals surface area contributed by atoms with Crippen molar-refractivity contribution in [2.75, 3.05) is 28.4 Å². The summed E-state index contributed by atoms with van der Waals surface area (Å²) in [6.45, 7) is 0. The first-order valence-corrected chi connectivity index (χ1v) is 13.9. The predicted molar refractivity (Wildman–Crippen MR) is 177 cm³/mol. The molecular weight excluding hydrogens is 588 g/mol. The van der Waals surface area contributed by atoms with Crippen LogP contribution in [0, 0.1) is 0 Å². The quantitative estimate of drug-likeness (QED) is 0.0554. The van der Waals surface area contributed by atoms with Crippen LogP contribution in [0.4, 0.5) is 0 Å². The fraction of sp³-hybridized carbons (Fsp3) is 0.111. The van der Waals surface area contributed by atoms with E-state index in [0.29, 0.717) is 34.5 Å². The van der Waals surface area contributed by atoms with E-state index in [-0.39, 0.29) is 0 Å². The first-order chi connectivity index (χ1) is 22.4. The summed E-state index contributed by atoms with van der Waals surface area (Å²) in [5.74, 6) is 2.06. The predicted octanol–water partition coefficient (Wildman–Crippen LogP) is 6.41. The number of carbonyl (C=O) groups excluding carboxylic acids is 2. The fourth-order valence-electron chi connectivity index (χ4n) is 3.99. The van der Waals surface area contributed by atoms with Gasteiger partial charge >= 0.3 is 11.9 Å². The van der Waals surface area contributed by atoms with Gasteiger partial charge in [0.1, 0.15) is 11.5 Å². The molecule has 0 saturated carbocycles. The summed E-state index contributed by atoms with van der Waals surface area (Å²) < 4.78 is 31.7. The second-order valence-corrected chi connectivity index (χ2v) is 9.36. The molecule has 0 heterocycles. The monoisotopic (exact) mass is 620 g/mol. The summed E-state index contributed by atoms with van der Waals surface area (Å²) in [5.41, 5.74) is 3.05. The molecule has 4 aromatic carbocycles. The van der Waals surface area contributed by atoms with Crippen molar-refractivity contribution >= 4 is 36.5 Å². The molecule has 10 nitrogen and oxygen atoms in total. The van der Waals surface area contributed by atoms with E-state index in [0.717, 1.165) is 22.3 Å². The maximum absolute atomic E-state index is 12.2. The molecule has 0 unspecified atom stereocenters. The average Bonchev–Trinajstić information content (AvgIpc) is 3.09. The molecule has 0 amide bonds. The highest BCUT2D eigenvalue weighted by Crippen LogP contribution is 2.29. The molecule has 0 saturated heterocycles. The molecular formula is C36H32N2O8. The van der Waals surface area contributed by atoms with Crippen molar-refractivity contribution in [2.45, 2.75) is 0 Å². The Morgan fingerprint density at radius 1 is 0.478 bits per heavy atom. The molecule has 0 fully saturated rings. The molecule has 0 spiro atoms. The second-order valence-electron chi connectivity index (χ2n) is 9.36. The summed E-state index contributed by atoms with van der Waals surface area (Å²) in [4.78, 5) is 24.5. The zero-order chi connectivity index (χ0) is 32.7. The van der Waals surface area contributed by atoms with E-state index in [1.165, 1.54) is 12.2 Å². The standard InChI is InChI=1S/C36H32N2O8/c1-41-31-17-9-25(21-33(31)43-3)11-19-35(39)45-29-13-5-27(6-14-29)23-37-38-24-28-7-15-30(16-8-28)46-36(40)20-12-26-10-18-32(42-2)34(22-26)44-4/h5-24H,1-4H3. The van der Waals surface area contributed by atoms with Crippen LogP contribution in [0.15, 0.2) is 107 Å². The Kier molecular flexibility index (Phi) is 11.8. The van der Waals surface area contributed by atoms with Gasteiger partial charge in [0.2, 0.25) is 0 Å². The normalized spacial score (nSPS) is 11.3. The van der Waals surface area contributed by atoms with Gasteiger partial charge in [0.25, 0.3) is 0 Å². The maximum Gasteiger partial charge on any atom is 0.336 e. The molecule has 0 aromatic heterocycles. The van der Waals surface area contributed by atoms with Gasteiger partial charge in [-0.05, 0) is 107 Å². The lowest BCUT2D eigenvalue weighted by atomic mass is 10.2. The van der Waals surface area contributed by atoms with Crippen molar-refractivity contribution in [1.29, 1.82) is 0 Å². The van der Waals surface area contributed by atoms with Gasteiger partial charge in [-0.15, -0.1) is 0 Å². The highest BCUT2D eigenvalue weighted by atomic mass is 16.5. The summed E-state index contributed by atoms with van der Waals surface area (Å²) in [5, 5.41) is 8.12. The van der Waals surface area contributed by atoms with Crippen molar-refractivity contribution in [3.8, 4) is 34.5 Å². The molecule has 0 N–H and O–H groups in total. The third-order valence-corrected chi connectivity index (χ3v) is 6.32. The number of nitrogens with zero attached hydrogens (tertiary/aromatic N) is 2. The number of hydrogen-bond donors (Lipinski definition) is 0. The Bertz CT molecular complexity index is 1630. The van der Waals surface area contributed by atoms with Crippen LogP contribution in [0.5, 0.6) is 34.5 Å². The van der Waals surface area contributed by atoms with Crippen molar-refractivity contribution in [2.24, 2.45) is 10.2 Å². The summed E-state index contributed by atoms with van der Waals surface area (Å²) in [6, 6.07) is 24.3. The van der Waals surface area contributed by atoms with Crippen LogP contribution in [0.25, 0.3) is 12.2 Å². The summed E-state index contributed by atoms with van der Waals surface area (Å²) in [7, 11) is 6.21. The van der Waals surface area contributed by atoms with Gasteiger partial charge in [-0.25, -0.2) is 9.59 Å². The Balaban J connectivity index is 1.23. The number of carbonyl (C=O) groups is 2. The third kappa shape index (κ3) is 9.68. The molecule has 0 atom stereocenters. The molecule has 46 heavy (non-hydrogen) atoms. The van der Waals surface area contributed by atoms with Crippen molar-refractivity contribution < 1.29 is 38.0 Å². The van der Waals surface area contributed by atoms with E-state index in [1.54, 1.807) is 138 Å². The van der Waals surface area contributed by atoms with Crippen molar-refractivity contribution in [1.82, 2.24) is 0 Å². The van der Waals surface area contributed by atoms with Gasteiger partial charge in [0.05, 0.1) is 40.9 Å². The van der Waals surface area contributed by atoms with E-state index >= 15 is 0 Å². The topological polar surface area (TPSA) is 114 Å². The first-order valence-electron chi connectivity index (χ1n) is 13.9. The maximum atomic E-state index is 12.2. The number of benzene rings is 4. The Morgan fingerprint density at radius 2 is 0.826 bits per heavy atom. The van der Waals surface area contributed by atoms with Crippen LogP contribution in [0.2, 0.25) is 0 Å². The number of methoxy groups -OCH3 is 4. The van der Waals surface area contributed by atoms with Gasteiger partial charge in [-0.1, -0.05) is 12.1 Å². The zero-order valence-electron chi connectivity index (χ0n) is 25.7. The van der Waals surface area contributed by atoms with Crippen molar-refractivity contribution in [3.63, 3.8) is 0 Å². The van der Waals surface area contributed by atoms with Crippen LogP contribution in [-0.2, 0) is 9.59 Å². The Hall–Kier alpha value is -6.16. The van der Waals surface area contributed by atoms with Crippen LogP contribution >= 0.6 is 0 Å². The minimum absolute atomic E-state index is 0.389. The first kappa shape index (κ1) is 32.7. The molecule has 234 valence electrons. The number of ether oxygens (including phenoxy) is 6. The molecule has 0 aliphatic carbocycles. The minimum Gasteiger partial charge on any atom is -0.493 e. The van der Waals surface area contributed by atoms with E-state index in [2.05, 4.69) is 10.2 Å². The fourth-order valence-corrected chi connectivity index (χ4v) is 3.99. The molecule has 10 heteroatoms. The van der Waals surface area contributed by atoms with E-state index in [4.69, 9.17) is 28.4 Å². The van der Waals surface area contributed by atoms with Crippen LogP contribution in [0.3, 0.4) is 0 Å². The van der Waals surface area contributed by atoms with Gasteiger partial charge in [-0.2, -0.15) is 10.2 Å². The Labute approximate surface area is 266 Å². The van der Waals surface area contributed by atoms with E-state index < -0.39 is 11.9 Å². The zero-order valence-corrected chi connectivity index (χ0v) is 25.7. The minimum atomic E-state index is -0.521. The summed E-state index contributed by atoms with van der Waals surface area (Å²) >= 11 is 0. The lowest BCUT2D eigenvalue weighted by Crippen LogP contribution is -2.03. The summed E-state index contributed by atoms with van der Waals surface area (Å²) in [6.07, 6.45) is 9.07. The lowest BCUT2D eigenvalue weighted by molar-refractivity contribution is -0.129. The molecule has 0 bridgehead atoms. The number of esters is 2. The van der Waals surface area contributed by atoms with Gasteiger partial charge in [-0.3, -0.25) is 0 Å². The average molecular weight is 621 g/mol. The van der Waals surface area contributed by atoms with E-state index in [9.17, 15) is 9.59 Å². The van der Waals surface area contributed by atoms with Crippen molar-refractivity contribution in [3.05, 3.63) is 119 Å². The van der Waals surface area contributed by atoms with Gasteiger partial charge in [0.15, 0.2) is 23.0 Å². The van der Waals surface area contributed by atoms with Gasteiger partial charge in [0, 0.05) is 12.2 Å². The molecule has 0 aliphatic rings. The molecule has 0 radical (unpaired) electrons. The number of rotatable bonds is 13. The van der Waals surface area contributed by atoms with Crippen LogP contribution in [-0.4, -0.2) is 52.8 Å². The molecule has 4 rings (SSSR count). The second kappa shape index (κ2) is 16.6. The van der Waals surface area contributed by atoms with Crippen LogP contribution < -0.4 is 28.4 Å². The Morgan fingerprint density at radius 3 is 1.17 bits per heavy atom. The SMILES string of the molecule is COc1ccc(C=CC(=O)Oc2ccc(C=NN=Cc3ccc(OC(=O)C=Cc4ccc(OC)c(OC)c4)cc3)cc2)cc1OC. The van der Waals surface area contributed by atoms with Gasteiger partial charge < -0.3 is 28.4 Å². The highest BCUT2D eigenvalue weighted by Gasteiger charge is 2.06. The highest BCUT2D eigenvalue weighted by molar-refractivity contribution is 5.90. The van der Waals surface area contributed by atoms with Crippen LogP contribution in [0.1, 0.15) is 22.3 Å². The third-order valence-electron chi connectivity index (χ3n) is 6.32. The smallest absolute Gasteiger partial charge is 0.336 e. The molecule has 0 aliphatic heterocycles. The lowest BCUT2D eigenvalue weighted by Gasteiger charge is -2.07. The largest absolute Gasteiger partial charge is 0.493 e. The number of hydrogen-bond acceptors (Lipinski definition) is 10. The van der Waals surface area contributed by atoms with E-state index in [1.807, 2.05) is 0 Å².